The largest absolute Gasteiger partial charge is 0.500 e. The topological polar surface area (TPSA) is 59.3 Å². The van der Waals surface area contributed by atoms with E-state index in [9.17, 15) is 4.79 Å². The van der Waals surface area contributed by atoms with Gasteiger partial charge in [0.25, 0.3) is 0 Å². The van der Waals surface area contributed by atoms with Crippen molar-refractivity contribution in [3.05, 3.63) is 11.8 Å². The van der Waals surface area contributed by atoms with E-state index in [1.54, 1.807) is 13.0 Å². The minimum atomic E-state index is -0.638. The highest BCUT2D eigenvalue weighted by atomic mass is 16.5. The second kappa shape index (κ2) is 7.17. The van der Waals surface area contributed by atoms with Crippen molar-refractivity contribution < 1.29 is 14.3 Å². The number of ether oxygens (including phenoxy) is 2. The zero-order chi connectivity index (χ0) is 10.1. The van der Waals surface area contributed by atoms with Crippen LogP contribution in [0.5, 0.6) is 0 Å². The lowest BCUT2D eigenvalue weighted by atomic mass is 10.3. The van der Waals surface area contributed by atoms with Crippen LogP contribution in [0.25, 0.3) is 0 Å². The number of carbonyl (C=O) groups is 1. The van der Waals surface area contributed by atoms with Gasteiger partial charge in [0.2, 0.25) is 0 Å². The van der Waals surface area contributed by atoms with Crippen molar-refractivity contribution in [2.75, 3.05) is 13.2 Å². The fourth-order valence-corrected chi connectivity index (χ4v) is 0.589. The van der Waals surface area contributed by atoms with Gasteiger partial charge in [0.1, 0.15) is 12.3 Å². The smallest absolute Gasteiger partial charge is 0.352 e. The Labute approximate surface area is 77.8 Å². The summed E-state index contributed by atoms with van der Waals surface area (Å²) < 4.78 is 9.53. The summed E-state index contributed by atoms with van der Waals surface area (Å²) in [5, 5.41) is 8.52. The lowest BCUT2D eigenvalue weighted by Gasteiger charge is -2.00. The molecule has 0 spiro atoms. The quantitative estimate of drug-likeness (QED) is 0.212. The summed E-state index contributed by atoms with van der Waals surface area (Å²) in [5.41, 5.74) is -0.102. The van der Waals surface area contributed by atoms with Gasteiger partial charge in [0.15, 0.2) is 5.57 Å². The molecule has 4 nitrogen and oxygen atoms in total. The van der Waals surface area contributed by atoms with Gasteiger partial charge in [-0.15, -0.1) is 0 Å². The molecule has 0 aliphatic heterocycles. The summed E-state index contributed by atoms with van der Waals surface area (Å²) in [7, 11) is 0. The van der Waals surface area contributed by atoms with Crippen LogP contribution < -0.4 is 0 Å². The minimum Gasteiger partial charge on any atom is -0.500 e. The summed E-state index contributed by atoms with van der Waals surface area (Å²) >= 11 is 0. The first kappa shape index (κ1) is 11.5. The lowest BCUT2D eigenvalue weighted by Crippen LogP contribution is -2.06. The molecule has 0 atom stereocenters. The monoisotopic (exact) mass is 183 g/mol. The Morgan fingerprint density at radius 1 is 1.54 bits per heavy atom. The molecule has 0 rings (SSSR count). The predicted molar refractivity (Wildman–Crippen MR) is 46.6 cm³/mol. The van der Waals surface area contributed by atoms with Gasteiger partial charge >= 0.3 is 5.97 Å². The van der Waals surface area contributed by atoms with E-state index < -0.39 is 5.97 Å². The number of nitrogens with zero attached hydrogens (tertiary/aromatic N) is 1. The highest BCUT2D eigenvalue weighted by Crippen LogP contribution is 1.97. The van der Waals surface area contributed by atoms with Gasteiger partial charge in [-0.1, -0.05) is 6.92 Å². The molecule has 0 N–H and O–H groups in total. The normalized spacial score (nSPS) is 10.4. The minimum absolute atomic E-state index is 0.102. The molecule has 0 aromatic heterocycles. The molecule has 0 bridgehead atoms. The summed E-state index contributed by atoms with van der Waals surface area (Å²) in [6, 6.07) is 1.71. The SMILES string of the molecule is CCCO/C=C(\C#N)C(=O)OCC. The van der Waals surface area contributed by atoms with Crippen molar-refractivity contribution in [1.29, 1.82) is 5.26 Å². The number of esters is 1. The van der Waals surface area contributed by atoms with Crippen molar-refractivity contribution in [2.45, 2.75) is 20.3 Å². The molecule has 0 aromatic carbocycles. The molecule has 0 saturated carbocycles. The third-order valence-electron chi connectivity index (χ3n) is 1.14. The Morgan fingerprint density at radius 2 is 2.23 bits per heavy atom. The fraction of sp³-hybridized carbons (Fsp3) is 0.556. The van der Waals surface area contributed by atoms with Crippen LogP contribution in [0.3, 0.4) is 0 Å². The van der Waals surface area contributed by atoms with Gasteiger partial charge in [-0.05, 0) is 13.3 Å². The molecule has 0 saturated heterocycles. The van der Waals surface area contributed by atoms with Gasteiger partial charge in [0.05, 0.1) is 13.2 Å². The number of rotatable bonds is 5. The first-order valence-corrected chi connectivity index (χ1v) is 4.15. The highest BCUT2D eigenvalue weighted by Gasteiger charge is 2.09. The van der Waals surface area contributed by atoms with E-state index in [1.807, 2.05) is 6.92 Å². The third kappa shape index (κ3) is 4.86. The van der Waals surface area contributed by atoms with Crippen molar-refractivity contribution >= 4 is 5.97 Å². The van der Waals surface area contributed by atoms with Crippen LogP contribution in [0.15, 0.2) is 11.8 Å². The van der Waals surface area contributed by atoms with Crippen LogP contribution in [0, 0.1) is 11.3 Å². The third-order valence-corrected chi connectivity index (χ3v) is 1.14. The second-order valence-corrected chi connectivity index (χ2v) is 2.23. The van der Waals surface area contributed by atoms with Crippen LogP contribution in [0.1, 0.15) is 20.3 Å². The van der Waals surface area contributed by atoms with Crippen LogP contribution in [0.4, 0.5) is 0 Å². The van der Waals surface area contributed by atoms with Crippen LogP contribution in [-0.2, 0) is 14.3 Å². The molecular weight excluding hydrogens is 170 g/mol. The number of hydrogen-bond acceptors (Lipinski definition) is 4. The zero-order valence-electron chi connectivity index (χ0n) is 7.87. The maximum Gasteiger partial charge on any atom is 0.352 e. The van der Waals surface area contributed by atoms with E-state index in [2.05, 4.69) is 4.74 Å². The van der Waals surface area contributed by atoms with Gasteiger partial charge < -0.3 is 9.47 Å². The zero-order valence-corrected chi connectivity index (χ0v) is 7.87. The molecule has 0 heterocycles. The lowest BCUT2D eigenvalue weighted by molar-refractivity contribution is -0.138. The average Bonchev–Trinajstić information content (AvgIpc) is 2.13. The molecule has 72 valence electrons. The summed E-state index contributed by atoms with van der Waals surface area (Å²) in [6.07, 6.45) is 1.97. The average molecular weight is 183 g/mol. The van der Waals surface area contributed by atoms with Gasteiger partial charge in [-0.25, -0.2) is 4.79 Å². The number of carbonyl (C=O) groups excluding carboxylic acids is 1. The molecule has 13 heavy (non-hydrogen) atoms. The maximum atomic E-state index is 11.0. The van der Waals surface area contributed by atoms with E-state index in [4.69, 9.17) is 10.00 Å². The van der Waals surface area contributed by atoms with Gasteiger partial charge in [0, 0.05) is 0 Å². The van der Waals surface area contributed by atoms with Gasteiger partial charge in [-0.3, -0.25) is 0 Å². The molecule has 0 fully saturated rings. The van der Waals surface area contributed by atoms with E-state index in [0.29, 0.717) is 6.61 Å². The van der Waals surface area contributed by atoms with Crippen LogP contribution in [0.2, 0.25) is 0 Å². The Hall–Kier alpha value is -1.50. The standard InChI is InChI=1S/C9H13NO3/c1-3-5-12-7-8(6-10)9(11)13-4-2/h7H,3-5H2,1-2H3/b8-7+. The molecule has 4 heteroatoms. The Bertz CT molecular complexity index is 228. The van der Waals surface area contributed by atoms with Crippen LogP contribution in [-0.4, -0.2) is 19.2 Å². The second-order valence-electron chi connectivity index (χ2n) is 2.23. The molecule has 0 aliphatic rings. The number of hydrogen-bond donors (Lipinski definition) is 0. The fourth-order valence-electron chi connectivity index (χ4n) is 0.589. The van der Waals surface area contributed by atoms with E-state index in [-0.39, 0.29) is 12.2 Å². The Morgan fingerprint density at radius 3 is 2.69 bits per heavy atom. The molecule has 0 aromatic rings. The first-order valence-electron chi connectivity index (χ1n) is 4.15. The summed E-state index contributed by atoms with van der Waals surface area (Å²) in [6.45, 7) is 4.36. The Kier molecular flexibility index (Phi) is 6.34. The van der Waals surface area contributed by atoms with Crippen molar-refractivity contribution in [2.24, 2.45) is 0 Å². The van der Waals surface area contributed by atoms with Crippen molar-refractivity contribution in [3.63, 3.8) is 0 Å². The maximum absolute atomic E-state index is 11.0. The van der Waals surface area contributed by atoms with E-state index in [1.165, 1.54) is 0 Å². The predicted octanol–water partition coefficient (Wildman–Crippen LogP) is 1.38. The molecule has 0 unspecified atom stereocenters. The molecular formula is C9H13NO3. The van der Waals surface area contributed by atoms with E-state index in [0.717, 1.165) is 12.7 Å². The summed E-state index contributed by atoms with van der Waals surface area (Å²) in [4.78, 5) is 11.0. The van der Waals surface area contributed by atoms with Gasteiger partial charge in [-0.2, -0.15) is 5.26 Å². The highest BCUT2D eigenvalue weighted by molar-refractivity contribution is 5.92. The van der Waals surface area contributed by atoms with Crippen LogP contribution >= 0.6 is 0 Å². The molecule has 0 amide bonds. The molecule has 0 aliphatic carbocycles. The van der Waals surface area contributed by atoms with E-state index >= 15 is 0 Å². The summed E-state index contributed by atoms with van der Waals surface area (Å²) in [5.74, 6) is -0.638. The first-order chi connectivity index (χ1) is 6.26. The van der Waals surface area contributed by atoms with Crippen molar-refractivity contribution in [3.8, 4) is 6.07 Å². The Balaban J connectivity index is 4.09. The molecule has 0 radical (unpaired) electrons. The number of nitriles is 1. The van der Waals surface area contributed by atoms with Crippen molar-refractivity contribution in [1.82, 2.24) is 0 Å².